The fourth-order valence-corrected chi connectivity index (χ4v) is 2.98. The zero-order valence-electron chi connectivity index (χ0n) is 16.3. The molecular formula is C21H17FN6O2. The number of hydrogen-bond acceptors (Lipinski definition) is 7. The molecule has 0 atom stereocenters. The van der Waals surface area contributed by atoms with Gasteiger partial charge in [-0.1, -0.05) is 30.3 Å². The highest BCUT2D eigenvalue weighted by Gasteiger charge is 2.19. The van der Waals surface area contributed by atoms with Crippen molar-refractivity contribution in [2.75, 3.05) is 0 Å². The minimum atomic E-state index is -0.691. The van der Waals surface area contributed by atoms with Gasteiger partial charge >= 0.3 is 5.97 Å². The average molecular weight is 404 g/mol. The van der Waals surface area contributed by atoms with E-state index in [2.05, 4.69) is 25.5 Å². The fourth-order valence-electron chi connectivity index (χ4n) is 2.98. The van der Waals surface area contributed by atoms with Crippen molar-refractivity contribution < 1.29 is 13.9 Å². The van der Waals surface area contributed by atoms with E-state index < -0.39 is 11.8 Å². The van der Waals surface area contributed by atoms with E-state index in [9.17, 15) is 9.18 Å². The van der Waals surface area contributed by atoms with Gasteiger partial charge in [-0.2, -0.15) is 4.68 Å². The van der Waals surface area contributed by atoms with Crippen LogP contribution in [0.2, 0.25) is 0 Å². The Morgan fingerprint density at radius 3 is 2.73 bits per heavy atom. The first-order chi connectivity index (χ1) is 14.5. The third-order valence-corrected chi connectivity index (χ3v) is 4.39. The highest BCUT2D eigenvalue weighted by Crippen LogP contribution is 2.17. The molecule has 150 valence electrons. The fraction of sp³-hybridized carbons (Fsp3) is 0.143. The van der Waals surface area contributed by atoms with Crippen LogP contribution >= 0.6 is 0 Å². The summed E-state index contributed by atoms with van der Waals surface area (Å²) in [5.74, 6) is -0.362. The molecule has 0 unspecified atom stereocenters. The summed E-state index contributed by atoms with van der Waals surface area (Å²) in [4.78, 5) is 21.7. The molecule has 2 aromatic carbocycles. The number of aromatic nitrogens is 6. The average Bonchev–Trinajstić information content (AvgIpc) is 3.16. The van der Waals surface area contributed by atoms with Gasteiger partial charge in [-0.3, -0.25) is 0 Å². The van der Waals surface area contributed by atoms with Gasteiger partial charge < -0.3 is 4.74 Å². The summed E-state index contributed by atoms with van der Waals surface area (Å²) in [6.45, 7) is 3.38. The van der Waals surface area contributed by atoms with Gasteiger partial charge in [0, 0.05) is 11.1 Å². The molecule has 0 aliphatic heterocycles. The van der Waals surface area contributed by atoms with Crippen molar-refractivity contribution in [2.45, 2.75) is 20.5 Å². The van der Waals surface area contributed by atoms with Gasteiger partial charge in [0.25, 0.3) is 0 Å². The first-order valence-electron chi connectivity index (χ1n) is 9.13. The van der Waals surface area contributed by atoms with Crippen molar-refractivity contribution in [3.05, 3.63) is 77.3 Å². The molecule has 30 heavy (non-hydrogen) atoms. The summed E-state index contributed by atoms with van der Waals surface area (Å²) in [6.07, 6.45) is 1.46. The number of nitrogens with zero attached hydrogens (tertiary/aromatic N) is 6. The Balaban J connectivity index is 1.62. The number of tetrazole rings is 1. The van der Waals surface area contributed by atoms with Crippen LogP contribution in [0.25, 0.3) is 22.7 Å². The maximum Gasteiger partial charge on any atom is 0.357 e. The SMILES string of the molecule is Cc1nc(COC(=O)/C(=C/c2cccc(F)c2)n2nnnc2C)nc2ccccc12. The van der Waals surface area contributed by atoms with Crippen molar-refractivity contribution in [3.8, 4) is 0 Å². The second-order valence-electron chi connectivity index (χ2n) is 6.54. The molecule has 0 N–H and O–H groups in total. The number of carbonyl (C=O) groups excluding carboxylic acids is 1. The van der Waals surface area contributed by atoms with Crippen LogP contribution in [0.1, 0.15) is 22.9 Å². The van der Waals surface area contributed by atoms with E-state index in [1.54, 1.807) is 19.1 Å². The van der Waals surface area contributed by atoms with Gasteiger partial charge in [-0.05, 0) is 54.1 Å². The van der Waals surface area contributed by atoms with Gasteiger partial charge in [-0.15, -0.1) is 5.10 Å². The molecule has 8 nitrogen and oxygen atoms in total. The standard InChI is InChI=1S/C21H17FN6O2/c1-13-17-8-3-4-9-18(17)24-20(23-13)12-30-21(29)19(28-14(2)25-26-27-28)11-15-6-5-7-16(22)10-15/h3-11H,12H2,1-2H3/b19-11-. The van der Waals surface area contributed by atoms with Gasteiger partial charge in [0.2, 0.25) is 0 Å². The molecule has 0 amide bonds. The quantitative estimate of drug-likeness (QED) is 0.372. The number of para-hydroxylation sites is 1. The van der Waals surface area contributed by atoms with Crippen molar-refractivity contribution in [1.29, 1.82) is 0 Å². The predicted molar refractivity (Wildman–Crippen MR) is 107 cm³/mol. The summed E-state index contributed by atoms with van der Waals surface area (Å²) in [7, 11) is 0. The lowest BCUT2D eigenvalue weighted by Crippen LogP contribution is -2.16. The number of benzene rings is 2. The number of ether oxygens (including phenoxy) is 1. The lowest BCUT2D eigenvalue weighted by atomic mass is 10.2. The summed E-state index contributed by atoms with van der Waals surface area (Å²) in [6, 6.07) is 13.4. The molecule has 0 aliphatic rings. The molecule has 9 heteroatoms. The molecule has 4 rings (SSSR count). The zero-order valence-corrected chi connectivity index (χ0v) is 16.3. The monoisotopic (exact) mass is 404 g/mol. The van der Waals surface area contributed by atoms with E-state index in [1.165, 1.54) is 22.9 Å². The topological polar surface area (TPSA) is 95.7 Å². The van der Waals surface area contributed by atoms with E-state index in [-0.39, 0.29) is 12.3 Å². The minimum absolute atomic E-state index is 0.0422. The Labute approximate surface area is 171 Å². The molecule has 2 heterocycles. The Morgan fingerprint density at radius 2 is 1.97 bits per heavy atom. The smallest absolute Gasteiger partial charge is 0.357 e. The van der Waals surface area contributed by atoms with E-state index in [4.69, 9.17) is 4.74 Å². The van der Waals surface area contributed by atoms with Crippen molar-refractivity contribution in [3.63, 3.8) is 0 Å². The molecule has 0 spiro atoms. The number of aryl methyl sites for hydroxylation is 2. The first kappa shape index (κ1) is 19.3. The van der Waals surface area contributed by atoms with Crippen molar-refractivity contribution >= 4 is 28.6 Å². The Hall–Kier alpha value is -4.01. The molecule has 2 aromatic heterocycles. The van der Waals surface area contributed by atoms with Gasteiger partial charge in [0.15, 0.2) is 24.0 Å². The third-order valence-electron chi connectivity index (χ3n) is 4.39. The lowest BCUT2D eigenvalue weighted by molar-refractivity contribution is -0.138. The number of rotatable bonds is 5. The summed E-state index contributed by atoms with van der Waals surface area (Å²) in [5.41, 5.74) is 2.07. The van der Waals surface area contributed by atoms with Crippen LogP contribution < -0.4 is 0 Å². The Bertz CT molecular complexity index is 1270. The predicted octanol–water partition coefficient (Wildman–Crippen LogP) is 3.11. The van der Waals surface area contributed by atoms with Crippen molar-refractivity contribution in [1.82, 2.24) is 30.2 Å². The number of esters is 1. The molecule has 0 saturated heterocycles. The van der Waals surface area contributed by atoms with Gasteiger partial charge in [0.1, 0.15) is 5.82 Å². The van der Waals surface area contributed by atoms with E-state index >= 15 is 0 Å². The number of hydrogen-bond donors (Lipinski definition) is 0. The second kappa shape index (κ2) is 8.16. The van der Waals surface area contributed by atoms with Gasteiger partial charge in [0.05, 0.1) is 5.52 Å². The second-order valence-corrected chi connectivity index (χ2v) is 6.54. The molecule has 0 radical (unpaired) electrons. The zero-order chi connectivity index (χ0) is 21.1. The van der Waals surface area contributed by atoms with Crippen molar-refractivity contribution in [2.24, 2.45) is 0 Å². The maximum absolute atomic E-state index is 13.6. The number of halogens is 1. The van der Waals surface area contributed by atoms with Crippen LogP contribution in [0, 0.1) is 19.7 Å². The van der Waals surface area contributed by atoms with Crippen LogP contribution in [0.3, 0.4) is 0 Å². The van der Waals surface area contributed by atoms with Crippen LogP contribution in [-0.4, -0.2) is 36.1 Å². The summed E-state index contributed by atoms with van der Waals surface area (Å²) in [5, 5.41) is 12.1. The molecule has 4 aromatic rings. The molecule has 0 saturated carbocycles. The van der Waals surface area contributed by atoms with E-state index in [0.29, 0.717) is 17.2 Å². The normalized spacial score (nSPS) is 11.6. The Kier molecular flexibility index (Phi) is 5.25. The van der Waals surface area contributed by atoms with E-state index in [1.807, 2.05) is 31.2 Å². The van der Waals surface area contributed by atoms with E-state index in [0.717, 1.165) is 16.6 Å². The highest BCUT2D eigenvalue weighted by molar-refractivity contribution is 6.15. The van der Waals surface area contributed by atoms with Crippen LogP contribution in [0.5, 0.6) is 0 Å². The molecular weight excluding hydrogens is 387 g/mol. The van der Waals surface area contributed by atoms with Crippen LogP contribution in [0.15, 0.2) is 48.5 Å². The highest BCUT2D eigenvalue weighted by atomic mass is 19.1. The summed E-state index contributed by atoms with van der Waals surface area (Å²) >= 11 is 0. The molecule has 0 fully saturated rings. The lowest BCUT2D eigenvalue weighted by Gasteiger charge is -2.10. The maximum atomic E-state index is 13.6. The van der Waals surface area contributed by atoms with Crippen LogP contribution in [-0.2, 0) is 16.1 Å². The molecule has 0 aliphatic carbocycles. The minimum Gasteiger partial charge on any atom is -0.453 e. The summed E-state index contributed by atoms with van der Waals surface area (Å²) < 4.78 is 20.2. The number of carbonyl (C=O) groups is 1. The Morgan fingerprint density at radius 1 is 1.13 bits per heavy atom. The van der Waals surface area contributed by atoms with Crippen LogP contribution in [0.4, 0.5) is 4.39 Å². The largest absolute Gasteiger partial charge is 0.453 e. The molecule has 0 bridgehead atoms. The van der Waals surface area contributed by atoms with Gasteiger partial charge in [-0.25, -0.2) is 19.2 Å². The number of fused-ring (bicyclic) bond motifs is 1. The first-order valence-corrected chi connectivity index (χ1v) is 9.13. The third kappa shape index (κ3) is 4.04.